The van der Waals surface area contributed by atoms with Crippen LogP contribution in [0.2, 0.25) is 5.02 Å². The maximum atomic E-state index is 11.1. The lowest BCUT2D eigenvalue weighted by molar-refractivity contribution is -0.137. The van der Waals surface area contributed by atoms with E-state index in [0.29, 0.717) is 10.1 Å². The van der Waals surface area contributed by atoms with Crippen LogP contribution < -0.4 is 10.6 Å². The van der Waals surface area contributed by atoms with Gasteiger partial charge in [-0.15, -0.1) is 0 Å². The van der Waals surface area contributed by atoms with Gasteiger partial charge in [0.25, 0.3) is 0 Å². The molecular weight excluding hydrogens is 322 g/mol. The maximum absolute atomic E-state index is 11.1. The molecule has 0 aliphatic heterocycles. The van der Waals surface area contributed by atoms with Gasteiger partial charge in [-0.2, -0.15) is 0 Å². The molecule has 1 heterocycles. The van der Waals surface area contributed by atoms with E-state index in [0.717, 1.165) is 11.3 Å². The van der Waals surface area contributed by atoms with Crippen LogP contribution >= 0.6 is 23.8 Å². The second kappa shape index (κ2) is 7.72. The van der Waals surface area contributed by atoms with Crippen LogP contribution in [0.4, 0.5) is 5.69 Å². The predicted molar refractivity (Wildman–Crippen MR) is 90.0 cm³/mol. The highest BCUT2D eigenvalue weighted by atomic mass is 35.5. The summed E-state index contributed by atoms with van der Waals surface area (Å²) in [6.07, 6.45) is 3.18. The molecule has 0 radical (unpaired) electrons. The monoisotopic (exact) mass is 335 g/mol. The maximum Gasteiger partial charge on any atom is 0.305 e. The summed E-state index contributed by atoms with van der Waals surface area (Å²) in [6.45, 7) is 0. The van der Waals surface area contributed by atoms with E-state index in [1.54, 1.807) is 48.8 Å². The summed E-state index contributed by atoms with van der Waals surface area (Å²) in [6, 6.07) is 10.1. The Morgan fingerprint density at radius 1 is 1.23 bits per heavy atom. The van der Waals surface area contributed by atoms with Crippen LogP contribution in [0.1, 0.15) is 18.0 Å². The van der Waals surface area contributed by atoms with Crippen molar-refractivity contribution in [1.82, 2.24) is 10.3 Å². The number of carbonyl (C=O) groups is 1. The number of nitrogens with zero attached hydrogens (tertiary/aromatic N) is 1. The van der Waals surface area contributed by atoms with Gasteiger partial charge in [-0.05, 0) is 42.0 Å². The van der Waals surface area contributed by atoms with E-state index in [-0.39, 0.29) is 6.42 Å². The Labute approximate surface area is 138 Å². The van der Waals surface area contributed by atoms with E-state index < -0.39 is 12.0 Å². The molecule has 0 amide bonds. The van der Waals surface area contributed by atoms with Crippen LogP contribution in [0.5, 0.6) is 0 Å². The molecule has 0 aliphatic carbocycles. The first kappa shape index (κ1) is 16.2. The zero-order valence-corrected chi connectivity index (χ0v) is 13.1. The third-order valence-corrected chi connectivity index (χ3v) is 3.37. The number of thiocarbonyl (C=S) groups is 1. The molecule has 0 saturated heterocycles. The van der Waals surface area contributed by atoms with Gasteiger partial charge in [0.1, 0.15) is 0 Å². The lowest BCUT2D eigenvalue weighted by atomic mass is 10.0. The fourth-order valence-electron chi connectivity index (χ4n) is 1.88. The SMILES string of the molecule is O=C(O)C[C@H](NC(=S)Nc1ccncc1)c1ccc(Cl)cc1. The molecule has 114 valence electrons. The molecule has 1 aromatic heterocycles. The molecule has 0 fully saturated rings. The van der Waals surface area contributed by atoms with Crippen molar-refractivity contribution in [2.45, 2.75) is 12.5 Å². The number of benzene rings is 1. The van der Waals surface area contributed by atoms with E-state index in [1.807, 2.05) is 0 Å². The molecule has 7 heteroatoms. The van der Waals surface area contributed by atoms with Crippen molar-refractivity contribution in [2.75, 3.05) is 5.32 Å². The van der Waals surface area contributed by atoms with Gasteiger partial charge in [0.2, 0.25) is 0 Å². The highest BCUT2D eigenvalue weighted by Gasteiger charge is 2.16. The van der Waals surface area contributed by atoms with Crippen LogP contribution in [0.3, 0.4) is 0 Å². The van der Waals surface area contributed by atoms with Crippen molar-refractivity contribution in [1.29, 1.82) is 0 Å². The first-order valence-electron chi connectivity index (χ1n) is 6.49. The van der Waals surface area contributed by atoms with Gasteiger partial charge in [-0.3, -0.25) is 9.78 Å². The van der Waals surface area contributed by atoms with Crippen LogP contribution in [0.15, 0.2) is 48.8 Å². The Morgan fingerprint density at radius 3 is 2.45 bits per heavy atom. The van der Waals surface area contributed by atoms with Crippen molar-refractivity contribution in [3.8, 4) is 0 Å². The van der Waals surface area contributed by atoms with Gasteiger partial charge in [-0.25, -0.2) is 0 Å². The number of aliphatic carboxylic acids is 1. The number of carboxylic acids is 1. The van der Waals surface area contributed by atoms with Gasteiger partial charge in [-0.1, -0.05) is 23.7 Å². The van der Waals surface area contributed by atoms with Crippen molar-refractivity contribution in [3.05, 3.63) is 59.4 Å². The van der Waals surface area contributed by atoms with E-state index in [4.69, 9.17) is 28.9 Å². The highest BCUT2D eigenvalue weighted by Crippen LogP contribution is 2.20. The molecule has 0 unspecified atom stereocenters. The molecular formula is C15H14ClN3O2S. The molecule has 1 aromatic carbocycles. The quantitative estimate of drug-likeness (QED) is 0.728. The van der Waals surface area contributed by atoms with Gasteiger partial charge in [0, 0.05) is 23.1 Å². The molecule has 0 aliphatic rings. The number of hydrogen-bond acceptors (Lipinski definition) is 3. The first-order valence-corrected chi connectivity index (χ1v) is 7.28. The Hall–Kier alpha value is -2.18. The van der Waals surface area contributed by atoms with Crippen LogP contribution in [-0.2, 0) is 4.79 Å². The minimum absolute atomic E-state index is 0.0974. The summed E-state index contributed by atoms with van der Waals surface area (Å²) in [5.74, 6) is -0.917. The third kappa shape index (κ3) is 4.98. The standard InChI is InChI=1S/C15H14ClN3O2S/c16-11-3-1-10(2-4-11)13(9-14(20)21)19-15(22)18-12-5-7-17-8-6-12/h1-8,13H,9H2,(H,20,21)(H2,17,18,19,22)/t13-/m0/s1. The number of anilines is 1. The fourth-order valence-corrected chi connectivity index (χ4v) is 2.27. The molecule has 2 aromatic rings. The zero-order chi connectivity index (χ0) is 15.9. The molecule has 2 rings (SSSR count). The van der Waals surface area contributed by atoms with E-state index in [1.165, 1.54) is 0 Å². The number of halogens is 1. The average Bonchev–Trinajstić information content (AvgIpc) is 2.48. The summed E-state index contributed by atoms with van der Waals surface area (Å²) < 4.78 is 0. The number of nitrogens with one attached hydrogen (secondary N) is 2. The molecule has 5 nitrogen and oxygen atoms in total. The van der Waals surface area contributed by atoms with Crippen molar-refractivity contribution in [2.24, 2.45) is 0 Å². The molecule has 1 atom stereocenters. The van der Waals surface area contributed by atoms with E-state index in [2.05, 4.69) is 15.6 Å². The number of aromatic nitrogens is 1. The van der Waals surface area contributed by atoms with Gasteiger partial charge < -0.3 is 15.7 Å². The van der Waals surface area contributed by atoms with Crippen LogP contribution in [0.25, 0.3) is 0 Å². The summed E-state index contributed by atoms with van der Waals surface area (Å²) in [7, 11) is 0. The number of pyridine rings is 1. The molecule has 22 heavy (non-hydrogen) atoms. The van der Waals surface area contributed by atoms with Gasteiger partial charge >= 0.3 is 5.97 Å². The lowest BCUT2D eigenvalue weighted by Gasteiger charge is -2.20. The third-order valence-electron chi connectivity index (χ3n) is 2.89. The predicted octanol–water partition coefficient (Wildman–Crippen LogP) is 3.24. The topological polar surface area (TPSA) is 74.2 Å². The highest BCUT2D eigenvalue weighted by molar-refractivity contribution is 7.80. The first-order chi connectivity index (χ1) is 10.5. The van der Waals surface area contributed by atoms with Gasteiger partial charge in [0.05, 0.1) is 12.5 Å². The van der Waals surface area contributed by atoms with Gasteiger partial charge in [0.15, 0.2) is 5.11 Å². The van der Waals surface area contributed by atoms with Crippen LogP contribution in [0, 0.1) is 0 Å². The smallest absolute Gasteiger partial charge is 0.305 e. The minimum atomic E-state index is -0.917. The number of carboxylic acid groups (broad SMARTS) is 1. The number of hydrogen-bond donors (Lipinski definition) is 3. The molecule has 3 N–H and O–H groups in total. The Kier molecular flexibility index (Phi) is 5.68. The summed E-state index contributed by atoms with van der Waals surface area (Å²) >= 11 is 11.1. The fraction of sp³-hybridized carbons (Fsp3) is 0.133. The second-order valence-electron chi connectivity index (χ2n) is 4.54. The summed E-state index contributed by atoms with van der Waals surface area (Å²) in [5, 5.41) is 16.0. The zero-order valence-electron chi connectivity index (χ0n) is 11.5. The summed E-state index contributed by atoms with van der Waals surface area (Å²) in [4.78, 5) is 15.0. The molecule has 0 spiro atoms. The lowest BCUT2D eigenvalue weighted by Crippen LogP contribution is -2.33. The summed E-state index contributed by atoms with van der Waals surface area (Å²) in [5.41, 5.74) is 1.57. The Balaban J connectivity index is 2.07. The van der Waals surface area contributed by atoms with Crippen molar-refractivity contribution >= 4 is 40.6 Å². The van der Waals surface area contributed by atoms with E-state index in [9.17, 15) is 4.79 Å². The molecule has 0 bridgehead atoms. The van der Waals surface area contributed by atoms with Crippen molar-refractivity contribution in [3.63, 3.8) is 0 Å². The van der Waals surface area contributed by atoms with E-state index >= 15 is 0 Å². The normalized spacial score (nSPS) is 11.5. The largest absolute Gasteiger partial charge is 0.481 e. The average molecular weight is 336 g/mol. The Morgan fingerprint density at radius 2 is 1.86 bits per heavy atom. The number of rotatable bonds is 5. The molecule has 0 saturated carbocycles. The van der Waals surface area contributed by atoms with Crippen LogP contribution in [-0.4, -0.2) is 21.2 Å². The Bertz CT molecular complexity index is 650. The minimum Gasteiger partial charge on any atom is -0.481 e. The second-order valence-corrected chi connectivity index (χ2v) is 5.38. The van der Waals surface area contributed by atoms with Crippen molar-refractivity contribution < 1.29 is 9.90 Å².